The quantitative estimate of drug-likeness (QED) is 0.852. The first-order valence-electron chi connectivity index (χ1n) is 6.63. The van der Waals surface area contributed by atoms with Crippen LogP contribution in [0.1, 0.15) is 6.42 Å². The summed E-state index contributed by atoms with van der Waals surface area (Å²) in [6.45, 7) is 0.215. The van der Waals surface area contributed by atoms with Gasteiger partial charge in [-0.2, -0.15) is 0 Å². The molecule has 2 atom stereocenters. The van der Waals surface area contributed by atoms with Crippen molar-refractivity contribution in [3.8, 4) is 11.5 Å². The Hall–Kier alpha value is -1.27. The summed E-state index contributed by atoms with van der Waals surface area (Å²) in [5.74, 6) is 1.39. The van der Waals surface area contributed by atoms with Crippen molar-refractivity contribution >= 4 is 9.84 Å². The molecule has 1 N–H and O–H groups in total. The molecule has 0 aliphatic carbocycles. The Labute approximate surface area is 119 Å². The number of benzene rings is 1. The van der Waals surface area contributed by atoms with E-state index in [0.717, 1.165) is 0 Å². The second kappa shape index (κ2) is 6.45. The number of ether oxygens (including phenoxy) is 2. The molecule has 1 aliphatic heterocycles. The van der Waals surface area contributed by atoms with Gasteiger partial charge in [0.2, 0.25) is 0 Å². The van der Waals surface area contributed by atoms with E-state index in [9.17, 15) is 13.5 Å². The average molecular weight is 300 g/mol. The van der Waals surface area contributed by atoms with Gasteiger partial charge in [0.05, 0.1) is 25.2 Å². The molecule has 0 spiro atoms. The van der Waals surface area contributed by atoms with Crippen LogP contribution in [0.15, 0.2) is 24.3 Å². The smallest absolute Gasteiger partial charge is 0.161 e. The van der Waals surface area contributed by atoms with Crippen LogP contribution < -0.4 is 9.47 Å². The molecule has 0 saturated carbocycles. The van der Waals surface area contributed by atoms with Crippen molar-refractivity contribution in [1.82, 2.24) is 0 Å². The lowest BCUT2D eigenvalue weighted by Crippen LogP contribution is -2.26. The second-order valence-corrected chi connectivity index (χ2v) is 7.30. The van der Waals surface area contributed by atoms with Gasteiger partial charge >= 0.3 is 0 Å². The largest absolute Gasteiger partial charge is 0.493 e. The molecule has 1 heterocycles. The molecule has 1 fully saturated rings. The van der Waals surface area contributed by atoms with Crippen molar-refractivity contribution in [2.75, 3.05) is 31.8 Å². The zero-order valence-electron chi connectivity index (χ0n) is 11.5. The Balaban J connectivity index is 1.97. The van der Waals surface area contributed by atoms with Crippen LogP contribution in [-0.2, 0) is 9.84 Å². The first-order valence-corrected chi connectivity index (χ1v) is 8.45. The molecule has 0 bridgehead atoms. The van der Waals surface area contributed by atoms with E-state index in [2.05, 4.69) is 0 Å². The van der Waals surface area contributed by atoms with Crippen molar-refractivity contribution in [2.45, 2.75) is 6.42 Å². The van der Waals surface area contributed by atoms with E-state index >= 15 is 0 Å². The van der Waals surface area contributed by atoms with Gasteiger partial charge in [-0.05, 0) is 24.5 Å². The maximum atomic E-state index is 11.5. The standard InChI is InChI=1S/C14H20O5S/c1-18-13-4-2-3-5-14(13)19-9-12(8-15)11-6-7-20(16,17)10-11/h2-5,11-12,15H,6-10H2,1H3. The third-order valence-corrected chi connectivity index (χ3v) is 5.48. The molecule has 20 heavy (non-hydrogen) atoms. The van der Waals surface area contributed by atoms with E-state index in [-0.39, 0.29) is 36.6 Å². The zero-order chi connectivity index (χ0) is 14.6. The fraction of sp³-hybridized carbons (Fsp3) is 0.571. The Morgan fingerprint density at radius 3 is 2.60 bits per heavy atom. The number of para-hydroxylation sites is 2. The van der Waals surface area contributed by atoms with Crippen LogP contribution in [0.5, 0.6) is 11.5 Å². The van der Waals surface area contributed by atoms with Crippen LogP contribution in [0.4, 0.5) is 0 Å². The Kier molecular flexibility index (Phi) is 4.88. The van der Waals surface area contributed by atoms with Crippen LogP contribution in [0.3, 0.4) is 0 Å². The van der Waals surface area contributed by atoms with Crippen LogP contribution in [0.2, 0.25) is 0 Å². The van der Waals surface area contributed by atoms with E-state index in [0.29, 0.717) is 17.9 Å². The number of methoxy groups -OCH3 is 1. The maximum absolute atomic E-state index is 11.5. The van der Waals surface area contributed by atoms with Gasteiger partial charge in [-0.25, -0.2) is 8.42 Å². The molecule has 0 aromatic heterocycles. The maximum Gasteiger partial charge on any atom is 0.161 e. The van der Waals surface area contributed by atoms with Crippen LogP contribution in [-0.4, -0.2) is 45.4 Å². The summed E-state index contributed by atoms with van der Waals surface area (Å²) < 4.78 is 33.9. The van der Waals surface area contributed by atoms with Gasteiger partial charge in [0, 0.05) is 12.5 Å². The van der Waals surface area contributed by atoms with E-state index in [1.165, 1.54) is 0 Å². The first-order chi connectivity index (χ1) is 9.55. The summed E-state index contributed by atoms with van der Waals surface area (Å²) in [7, 11) is -1.37. The highest BCUT2D eigenvalue weighted by Crippen LogP contribution is 2.29. The minimum atomic E-state index is -2.94. The van der Waals surface area contributed by atoms with Crippen molar-refractivity contribution in [1.29, 1.82) is 0 Å². The van der Waals surface area contributed by atoms with Gasteiger partial charge in [-0.15, -0.1) is 0 Å². The third kappa shape index (κ3) is 3.64. The minimum absolute atomic E-state index is 0.0280. The van der Waals surface area contributed by atoms with E-state index in [1.54, 1.807) is 19.2 Å². The lowest BCUT2D eigenvalue weighted by molar-refractivity contribution is 0.124. The molecule has 0 amide bonds. The lowest BCUT2D eigenvalue weighted by atomic mass is 9.93. The molecule has 1 saturated heterocycles. The number of hydrogen-bond acceptors (Lipinski definition) is 5. The average Bonchev–Trinajstić information content (AvgIpc) is 2.80. The van der Waals surface area contributed by atoms with Crippen LogP contribution in [0, 0.1) is 11.8 Å². The molecule has 1 aromatic carbocycles. The summed E-state index contributed by atoms with van der Waals surface area (Å²) in [4.78, 5) is 0. The molecule has 5 nitrogen and oxygen atoms in total. The highest BCUT2D eigenvalue weighted by atomic mass is 32.2. The Morgan fingerprint density at radius 1 is 1.35 bits per heavy atom. The van der Waals surface area contributed by atoms with Gasteiger partial charge in [0.15, 0.2) is 21.3 Å². The Morgan fingerprint density at radius 2 is 2.05 bits per heavy atom. The second-order valence-electron chi connectivity index (χ2n) is 5.07. The predicted molar refractivity (Wildman–Crippen MR) is 75.8 cm³/mol. The number of aliphatic hydroxyl groups excluding tert-OH is 1. The summed E-state index contributed by atoms with van der Waals surface area (Å²) in [6, 6.07) is 7.27. The molecule has 1 aliphatic rings. The monoisotopic (exact) mass is 300 g/mol. The molecule has 6 heteroatoms. The topological polar surface area (TPSA) is 72.8 Å². The fourth-order valence-corrected chi connectivity index (χ4v) is 4.39. The summed E-state index contributed by atoms with van der Waals surface area (Å²) in [5, 5.41) is 9.46. The number of hydrogen-bond donors (Lipinski definition) is 1. The van der Waals surface area contributed by atoms with Crippen molar-refractivity contribution < 1.29 is 23.0 Å². The van der Waals surface area contributed by atoms with Crippen LogP contribution in [0.25, 0.3) is 0 Å². The number of rotatable bonds is 6. The number of aliphatic hydroxyl groups is 1. The van der Waals surface area contributed by atoms with Gasteiger partial charge < -0.3 is 14.6 Å². The molecule has 112 valence electrons. The predicted octanol–water partition coefficient (Wildman–Crippen LogP) is 1.12. The fourth-order valence-electron chi connectivity index (χ4n) is 2.47. The SMILES string of the molecule is COc1ccccc1OCC(CO)C1CCS(=O)(=O)C1. The van der Waals surface area contributed by atoms with E-state index < -0.39 is 9.84 Å². The van der Waals surface area contributed by atoms with Gasteiger partial charge in [-0.1, -0.05) is 12.1 Å². The number of sulfone groups is 1. The van der Waals surface area contributed by atoms with Gasteiger partial charge in [0.25, 0.3) is 0 Å². The molecule has 2 unspecified atom stereocenters. The highest BCUT2D eigenvalue weighted by molar-refractivity contribution is 7.91. The first kappa shape index (κ1) is 15.1. The Bertz CT molecular complexity index is 540. The van der Waals surface area contributed by atoms with E-state index in [4.69, 9.17) is 9.47 Å². The molecule has 0 radical (unpaired) electrons. The molecule has 2 rings (SSSR count). The third-order valence-electron chi connectivity index (χ3n) is 3.69. The highest BCUT2D eigenvalue weighted by Gasteiger charge is 2.33. The zero-order valence-corrected chi connectivity index (χ0v) is 12.3. The summed E-state index contributed by atoms with van der Waals surface area (Å²) in [6.07, 6.45) is 0.600. The van der Waals surface area contributed by atoms with Gasteiger partial charge in [0.1, 0.15) is 0 Å². The molecular weight excluding hydrogens is 280 g/mol. The summed E-state index contributed by atoms with van der Waals surface area (Å²) in [5.41, 5.74) is 0. The van der Waals surface area contributed by atoms with E-state index in [1.807, 2.05) is 12.1 Å². The molecular formula is C14H20O5S. The summed E-state index contributed by atoms with van der Waals surface area (Å²) >= 11 is 0. The van der Waals surface area contributed by atoms with Crippen molar-refractivity contribution in [2.24, 2.45) is 11.8 Å². The van der Waals surface area contributed by atoms with Gasteiger partial charge in [-0.3, -0.25) is 0 Å². The minimum Gasteiger partial charge on any atom is -0.493 e. The van der Waals surface area contributed by atoms with Crippen molar-refractivity contribution in [3.63, 3.8) is 0 Å². The van der Waals surface area contributed by atoms with Crippen LogP contribution >= 0.6 is 0 Å². The lowest BCUT2D eigenvalue weighted by Gasteiger charge is -2.21. The normalized spacial score (nSPS) is 22.4. The molecule has 1 aromatic rings. The van der Waals surface area contributed by atoms with Crippen molar-refractivity contribution in [3.05, 3.63) is 24.3 Å².